The lowest BCUT2D eigenvalue weighted by Crippen LogP contribution is -2.37. The van der Waals surface area contributed by atoms with Gasteiger partial charge in [0.1, 0.15) is 5.75 Å². The quantitative estimate of drug-likeness (QED) is 0.848. The zero-order chi connectivity index (χ0) is 15.3. The highest BCUT2D eigenvalue weighted by molar-refractivity contribution is 5.40. The maximum absolute atomic E-state index is 6.76. The highest BCUT2D eigenvalue weighted by Crippen LogP contribution is 2.32. The van der Waals surface area contributed by atoms with Crippen LogP contribution in [0.1, 0.15) is 44.7 Å². The zero-order valence-electron chi connectivity index (χ0n) is 13.2. The minimum Gasteiger partial charge on any atom is -0.491 e. The van der Waals surface area contributed by atoms with Crippen molar-refractivity contribution in [3.63, 3.8) is 0 Å². The van der Waals surface area contributed by atoms with Crippen molar-refractivity contribution in [3.8, 4) is 5.75 Å². The van der Waals surface area contributed by atoms with Crippen LogP contribution in [0.5, 0.6) is 5.75 Å². The van der Waals surface area contributed by atoms with Gasteiger partial charge in [0.25, 0.3) is 0 Å². The smallest absolute Gasteiger partial charge is 0.119 e. The Morgan fingerprint density at radius 1 is 0.952 bits per heavy atom. The van der Waals surface area contributed by atoms with Gasteiger partial charge in [-0.1, -0.05) is 55.8 Å². The summed E-state index contributed by atoms with van der Waals surface area (Å²) in [6, 6.07) is 18.5. The number of ether oxygens (including phenoxy) is 1. The van der Waals surface area contributed by atoms with E-state index in [9.17, 15) is 0 Å². The van der Waals surface area contributed by atoms with Crippen LogP contribution in [0, 0.1) is 0 Å². The molecule has 2 aromatic rings. The first-order valence-corrected chi connectivity index (χ1v) is 7.68. The second-order valence-corrected chi connectivity index (χ2v) is 5.78. The molecule has 2 heteroatoms. The normalized spacial score (nSPS) is 14.0. The Labute approximate surface area is 127 Å². The van der Waals surface area contributed by atoms with Gasteiger partial charge in [-0.3, -0.25) is 0 Å². The van der Waals surface area contributed by atoms with Crippen LogP contribution in [0.2, 0.25) is 0 Å². The third-order valence-corrected chi connectivity index (χ3v) is 3.67. The second kappa shape index (κ2) is 6.77. The van der Waals surface area contributed by atoms with Crippen LogP contribution >= 0.6 is 0 Å². The number of hydrogen-bond donors (Lipinski definition) is 1. The zero-order valence-corrected chi connectivity index (χ0v) is 13.2. The van der Waals surface area contributed by atoms with Crippen LogP contribution < -0.4 is 10.5 Å². The molecule has 2 rings (SSSR count). The highest BCUT2D eigenvalue weighted by atomic mass is 16.5. The molecule has 2 N–H and O–H groups in total. The SMILES string of the molecule is CCCC(N)(c1ccccc1)c1ccc(OC(C)C)cc1. The van der Waals surface area contributed by atoms with Crippen LogP contribution in [0.15, 0.2) is 54.6 Å². The first-order chi connectivity index (χ1) is 10.1. The maximum atomic E-state index is 6.76. The van der Waals surface area contributed by atoms with E-state index in [1.54, 1.807) is 0 Å². The van der Waals surface area contributed by atoms with Gasteiger partial charge in [-0.15, -0.1) is 0 Å². The number of rotatable bonds is 6. The Bertz CT molecular complexity index is 548. The van der Waals surface area contributed by atoms with E-state index in [4.69, 9.17) is 10.5 Å². The Kier molecular flexibility index (Phi) is 5.03. The van der Waals surface area contributed by atoms with Crippen LogP contribution in [0.25, 0.3) is 0 Å². The van der Waals surface area contributed by atoms with E-state index in [1.807, 2.05) is 44.2 Å². The van der Waals surface area contributed by atoms with Gasteiger partial charge in [-0.25, -0.2) is 0 Å². The highest BCUT2D eigenvalue weighted by Gasteiger charge is 2.28. The van der Waals surface area contributed by atoms with Crippen molar-refractivity contribution < 1.29 is 4.74 Å². The molecule has 2 aromatic carbocycles. The average molecular weight is 283 g/mol. The molecule has 21 heavy (non-hydrogen) atoms. The lowest BCUT2D eigenvalue weighted by molar-refractivity contribution is 0.242. The fourth-order valence-electron chi connectivity index (χ4n) is 2.69. The first-order valence-electron chi connectivity index (χ1n) is 7.68. The summed E-state index contributed by atoms with van der Waals surface area (Å²) in [4.78, 5) is 0. The summed E-state index contributed by atoms with van der Waals surface area (Å²) in [5, 5.41) is 0. The lowest BCUT2D eigenvalue weighted by atomic mass is 9.80. The van der Waals surface area contributed by atoms with Crippen LogP contribution in [0.4, 0.5) is 0 Å². The van der Waals surface area contributed by atoms with Gasteiger partial charge in [0, 0.05) is 0 Å². The minimum atomic E-state index is -0.438. The molecular weight excluding hydrogens is 258 g/mol. The standard InChI is InChI=1S/C19H25NO/c1-4-14-19(20,16-8-6-5-7-9-16)17-10-12-18(13-11-17)21-15(2)3/h5-13,15H,4,14,20H2,1-3H3. The molecule has 112 valence electrons. The van der Waals surface area contributed by atoms with Crippen LogP contribution in [-0.4, -0.2) is 6.10 Å². The molecular formula is C19H25NO. The Hall–Kier alpha value is -1.80. The molecule has 0 saturated carbocycles. The van der Waals surface area contributed by atoms with E-state index in [-0.39, 0.29) is 6.10 Å². The van der Waals surface area contributed by atoms with Crippen molar-refractivity contribution in [2.24, 2.45) is 5.73 Å². The molecule has 0 radical (unpaired) electrons. The minimum absolute atomic E-state index is 0.184. The Morgan fingerprint density at radius 3 is 2.05 bits per heavy atom. The summed E-state index contributed by atoms with van der Waals surface area (Å²) in [6.07, 6.45) is 2.14. The second-order valence-electron chi connectivity index (χ2n) is 5.78. The van der Waals surface area contributed by atoms with Crippen molar-refractivity contribution >= 4 is 0 Å². The Balaban J connectivity index is 2.34. The summed E-state index contributed by atoms with van der Waals surface area (Å²) < 4.78 is 5.71. The fraction of sp³-hybridized carbons (Fsp3) is 0.368. The van der Waals surface area contributed by atoms with Crippen molar-refractivity contribution in [1.82, 2.24) is 0 Å². The predicted octanol–water partition coefficient (Wildman–Crippen LogP) is 4.48. The van der Waals surface area contributed by atoms with E-state index in [0.29, 0.717) is 0 Å². The molecule has 0 amide bonds. The predicted molar refractivity (Wildman–Crippen MR) is 88.5 cm³/mol. The summed E-state index contributed by atoms with van der Waals surface area (Å²) >= 11 is 0. The molecule has 0 aliphatic rings. The van der Waals surface area contributed by atoms with E-state index >= 15 is 0 Å². The third-order valence-electron chi connectivity index (χ3n) is 3.67. The van der Waals surface area contributed by atoms with E-state index in [1.165, 1.54) is 0 Å². The molecule has 0 bridgehead atoms. The summed E-state index contributed by atoms with van der Waals surface area (Å²) in [6.45, 7) is 6.23. The average Bonchev–Trinajstić information content (AvgIpc) is 2.48. The van der Waals surface area contributed by atoms with Gasteiger partial charge in [0.2, 0.25) is 0 Å². The molecule has 0 saturated heterocycles. The van der Waals surface area contributed by atoms with Crippen molar-refractivity contribution in [3.05, 3.63) is 65.7 Å². The molecule has 0 spiro atoms. The van der Waals surface area contributed by atoms with Gasteiger partial charge < -0.3 is 10.5 Å². The topological polar surface area (TPSA) is 35.2 Å². The van der Waals surface area contributed by atoms with Crippen molar-refractivity contribution in [2.75, 3.05) is 0 Å². The van der Waals surface area contributed by atoms with E-state index < -0.39 is 5.54 Å². The van der Waals surface area contributed by atoms with Crippen molar-refractivity contribution in [2.45, 2.75) is 45.3 Å². The maximum Gasteiger partial charge on any atom is 0.119 e. The summed E-state index contributed by atoms with van der Waals surface area (Å²) in [5.41, 5.74) is 8.61. The molecule has 1 unspecified atom stereocenters. The number of nitrogens with two attached hydrogens (primary N) is 1. The van der Waals surface area contributed by atoms with E-state index in [0.717, 1.165) is 29.7 Å². The monoisotopic (exact) mass is 283 g/mol. The van der Waals surface area contributed by atoms with E-state index in [2.05, 4.69) is 31.2 Å². The van der Waals surface area contributed by atoms with Gasteiger partial charge in [0.15, 0.2) is 0 Å². The van der Waals surface area contributed by atoms with Gasteiger partial charge in [0.05, 0.1) is 11.6 Å². The van der Waals surface area contributed by atoms with Crippen molar-refractivity contribution in [1.29, 1.82) is 0 Å². The fourth-order valence-corrected chi connectivity index (χ4v) is 2.69. The third kappa shape index (κ3) is 3.64. The molecule has 2 nitrogen and oxygen atoms in total. The van der Waals surface area contributed by atoms with Gasteiger partial charge in [-0.2, -0.15) is 0 Å². The molecule has 0 aliphatic carbocycles. The summed E-state index contributed by atoms with van der Waals surface area (Å²) in [7, 11) is 0. The molecule has 0 heterocycles. The van der Waals surface area contributed by atoms with Crippen LogP contribution in [0.3, 0.4) is 0 Å². The molecule has 1 atom stereocenters. The van der Waals surface area contributed by atoms with Crippen LogP contribution in [-0.2, 0) is 5.54 Å². The van der Waals surface area contributed by atoms with Gasteiger partial charge in [-0.05, 0) is 43.5 Å². The summed E-state index contributed by atoms with van der Waals surface area (Å²) in [5.74, 6) is 0.890. The number of hydrogen-bond acceptors (Lipinski definition) is 2. The molecule has 0 aromatic heterocycles. The molecule has 0 fully saturated rings. The van der Waals surface area contributed by atoms with Gasteiger partial charge >= 0.3 is 0 Å². The largest absolute Gasteiger partial charge is 0.491 e. The lowest BCUT2D eigenvalue weighted by Gasteiger charge is -2.31. The number of benzene rings is 2. The first kappa shape index (κ1) is 15.6. The molecule has 0 aliphatic heterocycles. The Morgan fingerprint density at radius 2 is 1.52 bits per heavy atom.